The molecule has 0 saturated heterocycles. The molecular weight excluding hydrogens is 564 g/mol. The van der Waals surface area contributed by atoms with E-state index in [1.807, 2.05) is 24.3 Å². The lowest BCUT2D eigenvalue weighted by Gasteiger charge is -2.25. The summed E-state index contributed by atoms with van der Waals surface area (Å²) < 4.78 is 0. The molecule has 43 heavy (non-hydrogen) atoms. The topological polar surface area (TPSA) is 275 Å². The van der Waals surface area contributed by atoms with Gasteiger partial charge in [0.15, 0.2) is 0 Å². The molecule has 230 valence electrons. The van der Waals surface area contributed by atoms with Crippen LogP contribution in [-0.4, -0.2) is 84.9 Å². The molecule has 2 aromatic heterocycles. The highest BCUT2D eigenvalue weighted by atomic mass is 16.4. The Hall–Kier alpha value is -5.25. The zero-order valence-corrected chi connectivity index (χ0v) is 23.0. The summed E-state index contributed by atoms with van der Waals surface area (Å²) in [6.45, 7) is 0. The minimum absolute atomic E-state index is 0.111. The maximum absolute atomic E-state index is 13.3. The van der Waals surface area contributed by atoms with Gasteiger partial charge in [-0.25, -0.2) is 9.78 Å². The summed E-state index contributed by atoms with van der Waals surface area (Å²) in [5.41, 5.74) is 13.4. The third-order valence-corrected chi connectivity index (χ3v) is 6.64. The second-order valence-electron chi connectivity index (χ2n) is 9.91. The Balaban J connectivity index is 1.72. The van der Waals surface area contributed by atoms with E-state index >= 15 is 0 Å². The van der Waals surface area contributed by atoms with Gasteiger partial charge in [0.1, 0.15) is 18.1 Å². The first-order valence-electron chi connectivity index (χ1n) is 13.4. The summed E-state index contributed by atoms with van der Waals surface area (Å²) in [6.07, 6.45) is 2.93. The number of hydrogen-bond acceptors (Lipinski definition) is 8. The normalized spacial score (nSPS) is 13.8. The molecule has 4 atom stereocenters. The lowest BCUT2D eigenvalue weighted by molar-refractivity contribution is -0.142. The van der Waals surface area contributed by atoms with Gasteiger partial charge in [-0.2, -0.15) is 0 Å². The van der Waals surface area contributed by atoms with Crippen molar-refractivity contribution in [3.63, 3.8) is 0 Å². The van der Waals surface area contributed by atoms with Crippen molar-refractivity contribution in [2.75, 3.05) is 0 Å². The number of aliphatic carboxylic acids is 2. The number of nitrogens with two attached hydrogens (primary N) is 2. The van der Waals surface area contributed by atoms with Crippen LogP contribution in [0.1, 0.15) is 36.9 Å². The van der Waals surface area contributed by atoms with Crippen LogP contribution in [0, 0.1) is 0 Å². The molecule has 1 aromatic carbocycles. The predicted molar refractivity (Wildman–Crippen MR) is 151 cm³/mol. The molecule has 4 unspecified atom stereocenters. The van der Waals surface area contributed by atoms with Gasteiger partial charge in [-0.3, -0.25) is 24.0 Å². The van der Waals surface area contributed by atoms with Gasteiger partial charge in [0.05, 0.1) is 12.4 Å². The number of aromatic amines is 2. The standard InChI is InChI=1S/C27H34N8O8/c28-17(9-14-11-31-18-4-2-1-3-16(14)18)24(39)33-20(6-8-23(37)38)25(40)34-19(5-7-22(29)36)26(41)35-21(27(42)43)10-15-12-30-13-32-15/h1-4,11-13,17,19-21,31H,5-10,28H2,(H2,29,36)(H,30,32)(H,33,39)(H,34,40)(H,35,41)(H,37,38)(H,42,43). The molecule has 0 bridgehead atoms. The summed E-state index contributed by atoms with van der Waals surface area (Å²) in [6, 6.07) is 2.03. The number of carboxylic acid groups (broad SMARTS) is 2. The molecule has 0 fully saturated rings. The highest BCUT2D eigenvalue weighted by molar-refractivity contribution is 5.95. The van der Waals surface area contributed by atoms with E-state index in [1.165, 1.54) is 12.5 Å². The maximum atomic E-state index is 13.3. The third kappa shape index (κ3) is 9.67. The van der Waals surface area contributed by atoms with Crippen molar-refractivity contribution in [2.45, 2.75) is 62.7 Å². The second kappa shape index (κ2) is 15.1. The number of H-pyrrole nitrogens is 2. The van der Waals surface area contributed by atoms with Crippen LogP contribution in [0.25, 0.3) is 10.9 Å². The zero-order chi connectivity index (χ0) is 31.5. The van der Waals surface area contributed by atoms with Gasteiger partial charge in [0, 0.05) is 48.3 Å². The monoisotopic (exact) mass is 598 g/mol. The van der Waals surface area contributed by atoms with Gasteiger partial charge in [-0.05, 0) is 30.9 Å². The molecule has 0 spiro atoms. The number of carbonyl (C=O) groups is 6. The van der Waals surface area contributed by atoms with E-state index < -0.39 is 66.2 Å². The highest BCUT2D eigenvalue weighted by Gasteiger charge is 2.31. The van der Waals surface area contributed by atoms with Crippen LogP contribution < -0.4 is 27.4 Å². The first-order valence-corrected chi connectivity index (χ1v) is 13.4. The lowest BCUT2D eigenvalue weighted by atomic mass is 10.0. The Morgan fingerprint density at radius 2 is 1.47 bits per heavy atom. The average molecular weight is 599 g/mol. The van der Waals surface area contributed by atoms with Gasteiger partial charge in [0.25, 0.3) is 0 Å². The van der Waals surface area contributed by atoms with Crippen molar-refractivity contribution < 1.29 is 39.0 Å². The van der Waals surface area contributed by atoms with Crippen molar-refractivity contribution in [1.29, 1.82) is 0 Å². The number of nitrogens with one attached hydrogen (secondary N) is 5. The summed E-state index contributed by atoms with van der Waals surface area (Å²) in [5.74, 6) is -5.97. The van der Waals surface area contributed by atoms with Gasteiger partial charge in [-0.1, -0.05) is 18.2 Å². The number of hydrogen-bond donors (Lipinski definition) is 9. The Morgan fingerprint density at radius 1 is 0.837 bits per heavy atom. The average Bonchev–Trinajstić information content (AvgIpc) is 3.62. The Morgan fingerprint density at radius 3 is 2.07 bits per heavy atom. The number of rotatable bonds is 17. The number of imidazole rings is 1. The van der Waals surface area contributed by atoms with Gasteiger partial charge < -0.3 is 47.6 Å². The second-order valence-corrected chi connectivity index (χ2v) is 9.91. The largest absolute Gasteiger partial charge is 0.481 e. The molecule has 0 saturated carbocycles. The predicted octanol–water partition coefficient (Wildman–Crippen LogP) is -1.33. The highest BCUT2D eigenvalue weighted by Crippen LogP contribution is 2.19. The molecule has 3 aromatic rings. The summed E-state index contributed by atoms with van der Waals surface area (Å²) in [4.78, 5) is 83.4. The summed E-state index contributed by atoms with van der Waals surface area (Å²) in [7, 11) is 0. The number of benzene rings is 1. The fourth-order valence-electron chi connectivity index (χ4n) is 4.36. The minimum atomic E-state index is -1.44. The van der Waals surface area contributed by atoms with Crippen molar-refractivity contribution in [2.24, 2.45) is 11.5 Å². The van der Waals surface area contributed by atoms with Crippen molar-refractivity contribution in [1.82, 2.24) is 30.9 Å². The number of carbonyl (C=O) groups excluding carboxylic acids is 4. The molecule has 11 N–H and O–H groups in total. The van der Waals surface area contributed by atoms with E-state index in [9.17, 15) is 39.0 Å². The zero-order valence-electron chi connectivity index (χ0n) is 23.0. The Bertz CT molecular complexity index is 1450. The van der Waals surface area contributed by atoms with E-state index in [1.54, 1.807) is 6.20 Å². The van der Waals surface area contributed by atoms with E-state index in [4.69, 9.17) is 11.5 Å². The first-order chi connectivity index (χ1) is 20.4. The van der Waals surface area contributed by atoms with Gasteiger partial charge in [0.2, 0.25) is 23.6 Å². The molecule has 16 heteroatoms. The van der Waals surface area contributed by atoms with E-state index in [2.05, 4.69) is 30.9 Å². The number of para-hydroxylation sites is 1. The third-order valence-electron chi connectivity index (χ3n) is 6.64. The number of fused-ring (bicyclic) bond motifs is 1. The molecule has 16 nitrogen and oxygen atoms in total. The Kier molecular flexibility index (Phi) is 11.3. The smallest absolute Gasteiger partial charge is 0.326 e. The van der Waals surface area contributed by atoms with Crippen LogP contribution in [0.4, 0.5) is 0 Å². The molecule has 0 radical (unpaired) electrons. The molecule has 3 rings (SSSR count). The quantitative estimate of drug-likeness (QED) is 0.0883. The SMILES string of the molecule is NC(=O)CCC(NC(=O)C(CCC(=O)O)NC(=O)C(N)Cc1c[nH]c2ccccc12)C(=O)NC(Cc1cnc[nH]1)C(=O)O. The maximum Gasteiger partial charge on any atom is 0.326 e. The van der Waals surface area contributed by atoms with E-state index in [0.717, 1.165) is 16.5 Å². The number of amides is 4. The molecule has 0 aliphatic rings. The number of carboxylic acids is 2. The Labute approximate surface area is 245 Å². The fraction of sp³-hybridized carbons (Fsp3) is 0.370. The van der Waals surface area contributed by atoms with E-state index in [-0.39, 0.29) is 32.1 Å². The summed E-state index contributed by atoms with van der Waals surface area (Å²) >= 11 is 0. The van der Waals surface area contributed by atoms with Gasteiger partial charge >= 0.3 is 11.9 Å². The first kappa shape index (κ1) is 32.3. The van der Waals surface area contributed by atoms with Crippen molar-refractivity contribution >= 4 is 46.5 Å². The summed E-state index contributed by atoms with van der Waals surface area (Å²) in [5, 5.41) is 26.8. The van der Waals surface area contributed by atoms with Crippen molar-refractivity contribution in [3.05, 3.63) is 54.2 Å². The fourth-order valence-corrected chi connectivity index (χ4v) is 4.36. The van der Waals surface area contributed by atoms with Crippen LogP contribution >= 0.6 is 0 Å². The molecule has 0 aliphatic heterocycles. The van der Waals surface area contributed by atoms with Gasteiger partial charge in [-0.15, -0.1) is 0 Å². The minimum Gasteiger partial charge on any atom is -0.481 e. The van der Waals surface area contributed by atoms with Crippen LogP contribution in [0.5, 0.6) is 0 Å². The van der Waals surface area contributed by atoms with Crippen LogP contribution in [-0.2, 0) is 41.6 Å². The van der Waals surface area contributed by atoms with Crippen LogP contribution in [0.15, 0.2) is 43.0 Å². The number of primary amides is 1. The van der Waals surface area contributed by atoms with Crippen molar-refractivity contribution in [3.8, 4) is 0 Å². The number of aromatic nitrogens is 3. The number of nitrogens with zero attached hydrogens (tertiary/aromatic N) is 1. The van der Waals surface area contributed by atoms with Crippen LogP contribution in [0.3, 0.4) is 0 Å². The lowest BCUT2D eigenvalue weighted by Crippen LogP contribution is -2.57. The van der Waals surface area contributed by atoms with Crippen LogP contribution in [0.2, 0.25) is 0 Å². The molecule has 2 heterocycles. The molecular formula is C27H34N8O8. The molecule has 0 aliphatic carbocycles. The van der Waals surface area contributed by atoms with E-state index in [0.29, 0.717) is 5.69 Å². The molecule has 4 amide bonds.